The Hall–Kier alpha value is -2.08. The van der Waals surface area contributed by atoms with Crippen molar-refractivity contribution in [3.63, 3.8) is 0 Å². The minimum Gasteiger partial charge on any atom is -0.324 e. The summed E-state index contributed by atoms with van der Waals surface area (Å²) in [4.78, 5) is 27.1. The van der Waals surface area contributed by atoms with E-state index < -0.39 is 0 Å². The van der Waals surface area contributed by atoms with Gasteiger partial charge in [-0.3, -0.25) is 14.5 Å². The van der Waals surface area contributed by atoms with Crippen LogP contribution in [0.1, 0.15) is 57.6 Å². The van der Waals surface area contributed by atoms with Gasteiger partial charge in [0.05, 0.1) is 23.8 Å². The fraction of sp³-hybridized carbons (Fsp3) is 0.417. The van der Waals surface area contributed by atoms with Crippen LogP contribution >= 0.6 is 23.2 Å². The minimum atomic E-state index is -0.260. The molecular formula is C24H31Cl2N3O2. The van der Waals surface area contributed by atoms with E-state index in [1.807, 2.05) is 25.1 Å². The molecule has 0 aliphatic heterocycles. The van der Waals surface area contributed by atoms with E-state index in [2.05, 4.69) is 38.3 Å². The zero-order valence-electron chi connectivity index (χ0n) is 18.8. The van der Waals surface area contributed by atoms with Gasteiger partial charge in [0.25, 0.3) is 0 Å². The Morgan fingerprint density at radius 2 is 1.45 bits per heavy atom. The predicted octanol–water partition coefficient (Wildman–Crippen LogP) is 6.14. The lowest BCUT2D eigenvalue weighted by atomic mass is 9.92. The molecule has 0 fully saturated rings. The topological polar surface area (TPSA) is 61.4 Å². The maximum absolute atomic E-state index is 12.8. The Bertz CT molecular complexity index is 903. The number of carbonyl (C=O) groups is 2. The number of hydrogen-bond donors (Lipinski definition) is 2. The Kier molecular flexibility index (Phi) is 9.35. The lowest BCUT2D eigenvalue weighted by molar-refractivity contribution is -0.119. The molecule has 0 aromatic heterocycles. The Morgan fingerprint density at radius 3 is 1.97 bits per heavy atom. The molecule has 2 N–H and O–H groups in total. The number of rotatable bonds is 9. The second-order valence-electron chi connectivity index (χ2n) is 8.14. The zero-order valence-corrected chi connectivity index (χ0v) is 20.3. The van der Waals surface area contributed by atoms with Crippen LogP contribution in [0.5, 0.6) is 0 Å². The number of para-hydroxylation sites is 1. The standard InChI is InChI=1S/C24H31Cl2N3O2/c1-6-29(13-22(30)27-21-12-17(25)10-11-20(21)26)14-23(31)28-24-18(15(2)3)8-7-9-19(24)16(4)5/h7-12,15-16H,6,13-14H2,1-5H3,(H,27,30)(H,28,31). The van der Waals surface area contributed by atoms with Crippen LogP contribution in [-0.4, -0.2) is 36.3 Å². The number of benzene rings is 2. The first-order valence-electron chi connectivity index (χ1n) is 10.5. The molecule has 0 radical (unpaired) electrons. The highest BCUT2D eigenvalue weighted by Gasteiger charge is 2.19. The van der Waals surface area contributed by atoms with Crippen molar-refractivity contribution in [1.82, 2.24) is 4.90 Å². The summed E-state index contributed by atoms with van der Waals surface area (Å²) in [5.41, 5.74) is 3.54. The predicted molar refractivity (Wildman–Crippen MR) is 130 cm³/mol. The van der Waals surface area contributed by atoms with E-state index in [4.69, 9.17) is 23.2 Å². The molecule has 5 nitrogen and oxygen atoms in total. The van der Waals surface area contributed by atoms with Gasteiger partial charge < -0.3 is 10.6 Å². The smallest absolute Gasteiger partial charge is 0.238 e. The van der Waals surface area contributed by atoms with E-state index in [0.29, 0.717) is 22.3 Å². The van der Waals surface area contributed by atoms with Crippen molar-refractivity contribution in [2.45, 2.75) is 46.5 Å². The second kappa shape index (κ2) is 11.5. The molecular weight excluding hydrogens is 433 g/mol. The lowest BCUT2D eigenvalue weighted by Gasteiger charge is -2.23. The van der Waals surface area contributed by atoms with Gasteiger partial charge >= 0.3 is 0 Å². The third-order valence-corrected chi connectivity index (χ3v) is 5.59. The van der Waals surface area contributed by atoms with Gasteiger partial charge in [-0.15, -0.1) is 0 Å². The summed E-state index contributed by atoms with van der Waals surface area (Å²) < 4.78 is 0. The van der Waals surface area contributed by atoms with Crippen LogP contribution in [0.3, 0.4) is 0 Å². The van der Waals surface area contributed by atoms with E-state index in [0.717, 1.165) is 16.8 Å². The molecule has 0 aliphatic carbocycles. The fourth-order valence-electron chi connectivity index (χ4n) is 3.34. The average molecular weight is 464 g/mol. The maximum Gasteiger partial charge on any atom is 0.238 e. The highest BCUT2D eigenvalue weighted by Crippen LogP contribution is 2.32. The van der Waals surface area contributed by atoms with Crippen molar-refractivity contribution in [2.75, 3.05) is 30.3 Å². The highest BCUT2D eigenvalue weighted by molar-refractivity contribution is 6.35. The number of nitrogens with zero attached hydrogens (tertiary/aromatic N) is 1. The van der Waals surface area contributed by atoms with Gasteiger partial charge in [0, 0.05) is 10.7 Å². The van der Waals surface area contributed by atoms with E-state index in [1.54, 1.807) is 23.1 Å². The maximum atomic E-state index is 12.8. The molecule has 2 amide bonds. The van der Waals surface area contributed by atoms with Crippen LogP contribution in [0, 0.1) is 0 Å². The highest BCUT2D eigenvalue weighted by atomic mass is 35.5. The molecule has 2 rings (SSSR count). The van der Waals surface area contributed by atoms with Gasteiger partial charge in [-0.05, 0) is 47.7 Å². The summed E-state index contributed by atoms with van der Waals surface area (Å²) in [7, 11) is 0. The molecule has 0 spiro atoms. The lowest BCUT2D eigenvalue weighted by Crippen LogP contribution is -2.39. The van der Waals surface area contributed by atoms with Gasteiger partial charge in [-0.2, -0.15) is 0 Å². The number of likely N-dealkylation sites (N-methyl/N-ethyl adjacent to an activating group) is 1. The number of halogens is 2. The van der Waals surface area contributed by atoms with Gasteiger partial charge in [-0.25, -0.2) is 0 Å². The van der Waals surface area contributed by atoms with E-state index in [9.17, 15) is 9.59 Å². The number of amides is 2. The van der Waals surface area contributed by atoms with E-state index in [1.165, 1.54) is 0 Å². The monoisotopic (exact) mass is 463 g/mol. The fourth-order valence-corrected chi connectivity index (χ4v) is 3.68. The molecule has 0 bridgehead atoms. The van der Waals surface area contributed by atoms with Crippen LogP contribution in [0.25, 0.3) is 0 Å². The molecule has 0 saturated carbocycles. The largest absolute Gasteiger partial charge is 0.324 e. The van der Waals surface area contributed by atoms with Crippen LogP contribution in [0.4, 0.5) is 11.4 Å². The molecule has 0 unspecified atom stereocenters. The second-order valence-corrected chi connectivity index (χ2v) is 8.99. The summed E-state index contributed by atoms with van der Waals surface area (Å²) in [6, 6.07) is 11.0. The normalized spacial score (nSPS) is 11.3. The molecule has 2 aromatic carbocycles. The first-order valence-corrected chi connectivity index (χ1v) is 11.3. The third kappa shape index (κ3) is 7.23. The summed E-state index contributed by atoms with van der Waals surface area (Å²) >= 11 is 12.1. The van der Waals surface area contributed by atoms with Crippen LogP contribution < -0.4 is 10.6 Å². The Morgan fingerprint density at radius 1 is 0.903 bits per heavy atom. The van der Waals surface area contributed by atoms with Crippen molar-refractivity contribution in [2.24, 2.45) is 0 Å². The molecule has 0 atom stereocenters. The van der Waals surface area contributed by atoms with Crippen LogP contribution in [0.2, 0.25) is 10.0 Å². The number of carbonyl (C=O) groups excluding carboxylic acids is 2. The molecule has 0 heterocycles. The number of anilines is 2. The van der Waals surface area contributed by atoms with Gasteiger partial charge in [-0.1, -0.05) is 76.0 Å². The van der Waals surface area contributed by atoms with Crippen molar-refractivity contribution in [3.8, 4) is 0 Å². The quantitative estimate of drug-likeness (QED) is 0.469. The van der Waals surface area contributed by atoms with Gasteiger partial charge in [0.2, 0.25) is 11.8 Å². The summed E-state index contributed by atoms with van der Waals surface area (Å²) in [5.74, 6) is 0.156. The number of hydrogen-bond acceptors (Lipinski definition) is 3. The first-order chi connectivity index (χ1) is 14.6. The average Bonchev–Trinajstić information content (AvgIpc) is 2.69. The molecule has 31 heavy (non-hydrogen) atoms. The molecule has 0 saturated heterocycles. The van der Waals surface area contributed by atoms with Gasteiger partial charge in [0.1, 0.15) is 0 Å². The minimum absolute atomic E-state index is 0.0651. The van der Waals surface area contributed by atoms with Crippen molar-refractivity contribution in [3.05, 3.63) is 57.6 Å². The van der Waals surface area contributed by atoms with Crippen LogP contribution in [0.15, 0.2) is 36.4 Å². The SMILES string of the molecule is CCN(CC(=O)Nc1cc(Cl)ccc1Cl)CC(=O)Nc1c(C(C)C)cccc1C(C)C. The molecule has 2 aromatic rings. The first kappa shape index (κ1) is 25.2. The zero-order chi connectivity index (χ0) is 23.1. The Balaban J connectivity index is 2.07. The summed E-state index contributed by atoms with van der Waals surface area (Å²) in [6.07, 6.45) is 0. The van der Waals surface area contributed by atoms with Gasteiger partial charge in [0.15, 0.2) is 0 Å². The van der Waals surface area contributed by atoms with Crippen molar-refractivity contribution < 1.29 is 9.59 Å². The molecule has 168 valence electrons. The van der Waals surface area contributed by atoms with Crippen LogP contribution in [-0.2, 0) is 9.59 Å². The third-order valence-electron chi connectivity index (χ3n) is 5.02. The molecule has 7 heteroatoms. The summed E-state index contributed by atoms with van der Waals surface area (Å²) in [6.45, 7) is 11.1. The Labute approximate surface area is 195 Å². The number of nitrogens with one attached hydrogen (secondary N) is 2. The summed E-state index contributed by atoms with van der Waals surface area (Å²) in [5, 5.41) is 6.74. The van der Waals surface area contributed by atoms with Crippen molar-refractivity contribution in [1.29, 1.82) is 0 Å². The van der Waals surface area contributed by atoms with E-state index in [-0.39, 0.29) is 36.7 Å². The molecule has 0 aliphatic rings. The van der Waals surface area contributed by atoms with E-state index >= 15 is 0 Å². The van der Waals surface area contributed by atoms with Crippen molar-refractivity contribution >= 4 is 46.4 Å².